The molecule has 2 aliphatic heterocycles. The third-order valence-corrected chi connectivity index (χ3v) is 5.32. The van der Waals surface area contributed by atoms with Gasteiger partial charge in [-0.1, -0.05) is 0 Å². The van der Waals surface area contributed by atoms with Gasteiger partial charge in [-0.25, -0.2) is 13.6 Å². The number of primary sulfonamides is 1. The first-order valence-electron chi connectivity index (χ1n) is 6.95. The van der Waals surface area contributed by atoms with E-state index >= 15 is 0 Å². The van der Waals surface area contributed by atoms with Crippen LogP contribution in [0.25, 0.3) is 0 Å². The molecule has 1 aromatic rings. The molecular weight excluding hydrogens is 290 g/mol. The minimum Gasteiger partial charge on any atom is -0.338 e. The van der Waals surface area contributed by atoms with Crippen molar-refractivity contribution in [2.75, 3.05) is 33.2 Å². The largest absolute Gasteiger partial charge is 0.338 e. The third kappa shape index (κ3) is 2.81. The van der Waals surface area contributed by atoms with E-state index in [0.717, 1.165) is 26.2 Å². The van der Waals surface area contributed by atoms with Crippen LogP contribution >= 0.6 is 0 Å². The lowest BCUT2D eigenvalue weighted by Crippen LogP contribution is -2.32. The first-order valence-corrected chi connectivity index (χ1v) is 8.50. The van der Waals surface area contributed by atoms with Gasteiger partial charge in [0.05, 0.1) is 4.90 Å². The molecule has 2 atom stereocenters. The molecule has 2 aliphatic rings. The molecule has 0 aliphatic carbocycles. The number of likely N-dealkylation sites (tertiary alicyclic amines) is 2. The number of fused-ring (bicyclic) bond motifs is 1. The van der Waals surface area contributed by atoms with Crippen LogP contribution in [0.15, 0.2) is 29.2 Å². The highest BCUT2D eigenvalue weighted by molar-refractivity contribution is 7.89. The molecular formula is C14H19N3O3S. The predicted molar refractivity (Wildman–Crippen MR) is 78.2 cm³/mol. The fourth-order valence-corrected chi connectivity index (χ4v) is 3.88. The van der Waals surface area contributed by atoms with Crippen LogP contribution in [-0.4, -0.2) is 57.4 Å². The fourth-order valence-electron chi connectivity index (χ4n) is 3.36. The van der Waals surface area contributed by atoms with E-state index < -0.39 is 10.0 Å². The molecule has 0 aromatic heterocycles. The van der Waals surface area contributed by atoms with Crippen molar-refractivity contribution in [2.45, 2.75) is 4.90 Å². The topological polar surface area (TPSA) is 83.7 Å². The van der Waals surface area contributed by atoms with E-state index in [1.165, 1.54) is 24.3 Å². The molecule has 2 heterocycles. The molecule has 2 saturated heterocycles. The molecule has 2 fully saturated rings. The number of hydrogen-bond donors (Lipinski definition) is 1. The summed E-state index contributed by atoms with van der Waals surface area (Å²) in [6.07, 6.45) is 0. The summed E-state index contributed by atoms with van der Waals surface area (Å²) in [5.41, 5.74) is 0.510. The molecule has 21 heavy (non-hydrogen) atoms. The highest BCUT2D eigenvalue weighted by atomic mass is 32.2. The zero-order chi connectivity index (χ0) is 15.2. The van der Waals surface area contributed by atoms with Crippen molar-refractivity contribution in [3.05, 3.63) is 29.8 Å². The van der Waals surface area contributed by atoms with Crippen molar-refractivity contribution in [3.8, 4) is 0 Å². The Morgan fingerprint density at radius 3 is 2.10 bits per heavy atom. The van der Waals surface area contributed by atoms with E-state index in [1.54, 1.807) is 0 Å². The molecule has 114 valence electrons. The van der Waals surface area contributed by atoms with Gasteiger partial charge in [0, 0.05) is 31.7 Å². The number of carbonyl (C=O) groups is 1. The summed E-state index contributed by atoms with van der Waals surface area (Å²) in [6.45, 7) is 3.65. The maximum atomic E-state index is 12.5. The number of benzene rings is 1. The Bertz CT molecular complexity index is 643. The third-order valence-electron chi connectivity index (χ3n) is 4.39. The van der Waals surface area contributed by atoms with E-state index in [-0.39, 0.29) is 10.8 Å². The van der Waals surface area contributed by atoms with Crippen LogP contribution in [0.5, 0.6) is 0 Å². The number of amides is 1. The Hall–Kier alpha value is -1.44. The molecule has 0 saturated carbocycles. The van der Waals surface area contributed by atoms with Gasteiger partial charge in [-0.2, -0.15) is 0 Å². The monoisotopic (exact) mass is 309 g/mol. The number of sulfonamides is 1. The van der Waals surface area contributed by atoms with Crippen molar-refractivity contribution in [2.24, 2.45) is 17.0 Å². The van der Waals surface area contributed by atoms with Gasteiger partial charge in [0.15, 0.2) is 0 Å². The number of hydrogen-bond acceptors (Lipinski definition) is 4. The maximum absolute atomic E-state index is 12.5. The Morgan fingerprint density at radius 2 is 1.62 bits per heavy atom. The van der Waals surface area contributed by atoms with Crippen LogP contribution in [-0.2, 0) is 10.0 Å². The van der Waals surface area contributed by atoms with Crippen LogP contribution in [0.4, 0.5) is 0 Å². The minimum absolute atomic E-state index is 0.0268. The molecule has 7 heteroatoms. The summed E-state index contributed by atoms with van der Waals surface area (Å²) in [6, 6.07) is 5.82. The quantitative estimate of drug-likeness (QED) is 0.831. The first kappa shape index (κ1) is 14.5. The lowest BCUT2D eigenvalue weighted by molar-refractivity contribution is 0.0776. The second kappa shape index (κ2) is 5.08. The average molecular weight is 309 g/mol. The Labute approximate surface area is 124 Å². The van der Waals surface area contributed by atoms with Gasteiger partial charge in [0.25, 0.3) is 5.91 Å². The molecule has 2 unspecified atom stereocenters. The van der Waals surface area contributed by atoms with Gasteiger partial charge in [-0.05, 0) is 43.1 Å². The van der Waals surface area contributed by atoms with Crippen molar-refractivity contribution >= 4 is 15.9 Å². The van der Waals surface area contributed by atoms with Crippen molar-refractivity contribution in [3.63, 3.8) is 0 Å². The summed E-state index contributed by atoms with van der Waals surface area (Å²) < 4.78 is 22.4. The van der Waals surface area contributed by atoms with Crippen LogP contribution < -0.4 is 5.14 Å². The molecule has 0 radical (unpaired) electrons. The number of rotatable bonds is 2. The summed E-state index contributed by atoms with van der Waals surface area (Å²) in [7, 11) is -1.61. The standard InChI is InChI=1S/C14H19N3O3S/c1-16-6-11-8-17(9-12(11)7-16)14(18)10-2-4-13(5-3-10)21(15,19)20/h2-5,11-12H,6-9H2,1H3,(H2,15,19,20). The minimum atomic E-state index is -3.71. The highest BCUT2D eigenvalue weighted by Gasteiger charge is 2.40. The summed E-state index contributed by atoms with van der Waals surface area (Å²) in [5.74, 6) is 1.08. The van der Waals surface area contributed by atoms with Crippen LogP contribution in [0, 0.1) is 11.8 Å². The van der Waals surface area contributed by atoms with Gasteiger partial charge >= 0.3 is 0 Å². The summed E-state index contributed by atoms with van der Waals surface area (Å²) in [4.78, 5) is 16.7. The average Bonchev–Trinajstić information content (AvgIpc) is 2.94. The molecule has 0 bridgehead atoms. The predicted octanol–water partition coefficient (Wildman–Crippen LogP) is -0.0324. The smallest absolute Gasteiger partial charge is 0.253 e. The van der Waals surface area contributed by atoms with Crippen LogP contribution in [0.3, 0.4) is 0 Å². The first-order chi connectivity index (χ1) is 9.84. The van der Waals surface area contributed by atoms with E-state index in [9.17, 15) is 13.2 Å². The van der Waals surface area contributed by atoms with Crippen molar-refractivity contribution in [1.82, 2.24) is 9.80 Å². The SMILES string of the molecule is CN1CC2CN(C(=O)c3ccc(S(N)(=O)=O)cc3)CC2C1. The fraction of sp³-hybridized carbons (Fsp3) is 0.500. The Morgan fingerprint density at radius 1 is 1.10 bits per heavy atom. The van der Waals surface area contributed by atoms with Gasteiger partial charge in [0.1, 0.15) is 0 Å². The van der Waals surface area contributed by atoms with E-state index in [0.29, 0.717) is 17.4 Å². The van der Waals surface area contributed by atoms with Gasteiger partial charge in [0.2, 0.25) is 10.0 Å². The molecule has 6 nitrogen and oxygen atoms in total. The van der Waals surface area contributed by atoms with Crippen molar-refractivity contribution in [1.29, 1.82) is 0 Å². The normalized spacial score (nSPS) is 26.1. The second-order valence-corrected chi connectivity index (χ2v) is 7.58. The summed E-state index contributed by atoms with van der Waals surface area (Å²) in [5, 5.41) is 5.05. The summed E-state index contributed by atoms with van der Waals surface area (Å²) >= 11 is 0. The van der Waals surface area contributed by atoms with Gasteiger partial charge in [-0.3, -0.25) is 4.79 Å². The van der Waals surface area contributed by atoms with E-state index in [1.807, 2.05) is 4.90 Å². The molecule has 0 spiro atoms. The molecule has 2 N–H and O–H groups in total. The highest BCUT2D eigenvalue weighted by Crippen LogP contribution is 2.31. The van der Waals surface area contributed by atoms with Crippen LogP contribution in [0.1, 0.15) is 10.4 Å². The Kier molecular flexibility index (Phi) is 3.51. The lowest BCUT2D eigenvalue weighted by Gasteiger charge is -2.19. The van der Waals surface area contributed by atoms with Crippen LogP contribution in [0.2, 0.25) is 0 Å². The second-order valence-electron chi connectivity index (χ2n) is 6.02. The molecule has 1 amide bonds. The zero-order valence-electron chi connectivity index (χ0n) is 11.9. The number of nitrogens with zero attached hydrogens (tertiary/aromatic N) is 2. The molecule has 1 aromatic carbocycles. The lowest BCUT2D eigenvalue weighted by atomic mass is 10.0. The number of nitrogens with two attached hydrogens (primary N) is 1. The van der Waals surface area contributed by atoms with Gasteiger partial charge in [-0.15, -0.1) is 0 Å². The van der Waals surface area contributed by atoms with Crippen molar-refractivity contribution < 1.29 is 13.2 Å². The number of carbonyl (C=O) groups excluding carboxylic acids is 1. The van der Waals surface area contributed by atoms with E-state index in [2.05, 4.69) is 11.9 Å². The zero-order valence-corrected chi connectivity index (χ0v) is 12.7. The maximum Gasteiger partial charge on any atom is 0.253 e. The van der Waals surface area contributed by atoms with Gasteiger partial charge < -0.3 is 9.80 Å². The molecule has 3 rings (SSSR count). The Balaban J connectivity index is 1.72. The van der Waals surface area contributed by atoms with E-state index in [4.69, 9.17) is 5.14 Å².